The summed E-state index contributed by atoms with van der Waals surface area (Å²) in [5, 5.41) is 4.29. The summed E-state index contributed by atoms with van der Waals surface area (Å²) in [6.45, 7) is 2.85. The van der Waals surface area contributed by atoms with Crippen LogP contribution in [0.5, 0.6) is 0 Å². The van der Waals surface area contributed by atoms with Crippen LogP contribution in [0.2, 0.25) is 5.22 Å². The Bertz CT molecular complexity index is 502. The van der Waals surface area contributed by atoms with Gasteiger partial charge in [-0.05, 0) is 30.2 Å². The van der Waals surface area contributed by atoms with E-state index in [4.69, 9.17) is 16.0 Å². The summed E-state index contributed by atoms with van der Waals surface area (Å²) in [4.78, 5) is 11.9. The third-order valence-electron chi connectivity index (χ3n) is 2.15. The molecular formula is C11H11ClN2O2. The van der Waals surface area contributed by atoms with Crippen molar-refractivity contribution in [3.05, 3.63) is 41.1 Å². The van der Waals surface area contributed by atoms with Crippen LogP contribution >= 0.6 is 11.6 Å². The zero-order valence-corrected chi connectivity index (χ0v) is 9.57. The largest absolute Gasteiger partial charge is 0.441 e. The van der Waals surface area contributed by atoms with Gasteiger partial charge in [-0.1, -0.05) is 6.92 Å². The maximum atomic E-state index is 11.9. The lowest BCUT2D eigenvalue weighted by atomic mass is 10.2. The van der Waals surface area contributed by atoms with Crippen molar-refractivity contribution in [2.45, 2.75) is 19.9 Å². The second-order valence-corrected chi connectivity index (χ2v) is 3.80. The summed E-state index contributed by atoms with van der Waals surface area (Å²) in [6, 6.07) is 3.10. The molecule has 5 heteroatoms. The molecule has 0 spiro atoms. The van der Waals surface area contributed by atoms with E-state index in [0.29, 0.717) is 5.56 Å². The third kappa shape index (κ3) is 2.17. The molecule has 0 aliphatic heterocycles. The number of hydrogen-bond acceptors (Lipinski definition) is 3. The zero-order valence-electron chi connectivity index (χ0n) is 8.81. The van der Waals surface area contributed by atoms with Gasteiger partial charge in [0.25, 0.3) is 0 Å². The number of hydrogen-bond donors (Lipinski definition) is 0. The van der Waals surface area contributed by atoms with Crippen LogP contribution in [0, 0.1) is 0 Å². The first-order chi connectivity index (χ1) is 7.70. The fourth-order valence-corrected chi connectivity index (χ4v) is 1.56. The highest BCUT2D eigenvalue weighted by Crippen LogP contribution is 2.16. The molecule has 0 aliphatic carbocycles. The van der Waals surface area contributed by atoms with Gasteiger partial charge in [0, 0.05) is 12.7 Å². The van der Waals surface area contributed by atoms with E-state index in [9.17, 15) is 4.79 Å². The lowest BCUT2D eigenvalue weighted by Gasteiger charge is -1.94. The van der Waals surface area contributed by atoms with Gasteiger partial charge in [0.15, 0.2) is 11.0 Å². The highest BCUT2D eigenvalue weighted by Gasteiger charge is 2.15. The van der Waals surface area contributed by atoms with E-state index in [2.05, 4.69) is 12.0 Å². The first-order valence-corrected chi connectivity index (χ1v) is 5.41. The Labute approximate surface area is 97.8 Å². The van der Waals surface area contributed by atoms with E-state index in [0.717, 1.165) is 13.0 Å². The van der Waals surface area contributed by atoms with Crippen molar-refractivity contribution in [3.63, 3.8) is 0 Å². The van der Waals surface area contributed by atoms with Gasteiger partial charge >= 0.3 is 0 Å². The molecule has 0 atom stereocenters. The van der Waals surface area contributed by atoms with E-state index in [1.54, 1.807) is 23.0 Å². The fraction of sp³-hybridized carbons (Fsp3) is 0.273. The average molecular weight is 239 g/mol. The normalized spacial score (nSPS) is 10.6. The van der Waals surface area contributed by atoms with Gasteiger partial charge in [-0.15, -0.1) is 0 Å². The molecule has 0 radical (unpaired) electrons. The van der Waals surface area contributed by atoms with Crippen LogP contribution in [0.1, 0.15) is 29.5 Å². The lowest BCUT2D eigenvalue weighted by molar-refractivity contribution is 0.101. The Kier molecular flexibility index (Phi) is 3.10. The van der Waals surface area contributed by atoms with E-state index < -0.39 is 0 Å². The molecule has 2 aromatic heterocycles. The van der Waals surface area contributed by atoms with Crippen LogP contribution in [-0.2, 0) is 6.54 Å². The van der Waals surface area contributed by atoms with Gasteiger partial charge in [0.2, 0.25) is 5.78 Å². The molecule has 4 nitrogen and oxygen atoms in total. The number of carbonyl (C=O) groups excluding carboxylic acids is 1. The minimum Gasteiger partial charge on any atom is -0.441 e. The number of ketones is 1. The Hall–Kier alpha value is -1.55. The number of carbonyl (C=O) groups is 1. The summed E-state index contributed by atoms with van der Waals surface area (Å²) in [5.41, 5.74) is 0.513. The molecule has 0 saturated carbocycles. The average Bonchev–Trinajstić information content (AvgIpc) is 2.87. The molecule has 0 bridgehead atoms. The molecule has 16 heavy (non-hydrogen) atoms. The van der Waals surface area contributed by atoms with Crippen LogP contribution < -0.4 is 0 Å². The lowest BCUT2D eigenvalue weighted by Crippen LogP contribution is -1.99. The number of halogens is 1. The first-order valence-electron chi connectivity index (χ1n) is 5.03. The summed E-state index contributed by atoms with van der Waals surface area (Å²) < 4.78 is 6.78. The Morgan fingerprint density at radius 1 is 1.56 bits per heavy atom. The van der Waals surface area contributed by atoms with Crippen molar-refractivity contribution >= 4 is 17.4 Å². The zero-order chi connectivity index (χ0) is 11.5. The standard InChI is InChI=1S/C11H11ClN2O2/c1-2-5-14-7-8(6-13-14)11(15)9-3-4-10(12)16-9/h3-4,6-7H,2,5H2,1H3. The molecular weight excluding hydrogens is 228 g/mol. The number of furan rings is 1. The second kappa shape index (κ2) is 4.53. The van der Waals surface area contributed by atoms with Crippen LogP contribution in [0.15, 0.2) is 28.9 Å². The van der Waals surface area contributed by atoms with Crippen LogP contribution in [0.4, 0.5) is 0 Å². The van der Waals surface area contributed by atoms with Crippen molar-refractivity contribution in [2.24, 2.45) is 0 Å². The summed E-state index contributed by atoms with van der Waals surface area (Å²) >= 11 is 5.61. The highest BCUT2D eigenvalue weighted by molar-refractivity contribution is 6.29. The minimum atomic E-state index is -0.200. The monoisotopic (exact) mass is 238 g/mol. The van der Waals surface area contributed by atoms with Crippen molar-refractivity contribution in [1.82, 2.24) is 9.78 Å². The first kappa shape index (κ1) is 11.0. The smallest absolute Gasteiger partial charge is 0.231 e. The molecule has 0 aliphatic rings. The van der Waals surface area contributed by atoms with E-state index in [1.165, 1.54) is 6.20 Å². The molecule has 84 valence electrons. The SMILES string of the molecule is CCCn1cc(C(=O)c2ccc(Cl)o2)cn1. The second-order valence-electron chi connectivity index (χ2n) is 3.42. The van der Waals surface area contributed by atoms with Gasteiger partial charge in [-0.25, -0.2) is 0 Å². The number of aromatic nitrogens is 2. The summed E-state index contributed by atoms with van der Waals surface area (Å²) in [6.07, 6.45) is 4.22. The third-order valence-corrected chi connectivity index (χ3v) is 2.35. The van der Waals surface area contributed by atoms with Crippen molar-refractivity contribution < 1.29 is 9.21 Å². The predicted molar refractivity (Wildman–Crippen MR) is 59.7 cm³/mol. The van der Waals surface area contributed by atoms with E-state index in [-0.39, 0.29) is 16.8 Å². The summed E-state index contributed by atoms with van der Waals surface area (Å²) in [5.74, 6) is 0.0373. The van der Waals surface area contributed by atoms with Crippen LogP contribution in [0.3, 0.4) is 0 Å². The van der Waals surface area contributed by atoms with Crippen LogP contribution in [0.25, 0.3) is 0 Å². The van der Waals surface area contributed by atoms with Gasteiger partial charge in [0.05, 0.1) is 11.8 Å². The molecule has 0 unspecified atom stereocenters. The molecule has 0 fully saturated rings. The van der Waals surface area contributed by atoms with Crippen molar-refractivity contribution in [3.8, 4) is 0 Å². The maximum absolute atomic E-state index is 11.9. The molecule has 0 amide bonds. The Morgan fingerprint density at radius 3 is 3.00 bits per heavy atom. The fourth-order valence-electron chi connectivity index (χ4n) is 1.41. The molecule has 2 heterocycles. The number of nitrogens with zero attached hydrogens (tertiary/aromatic N) is 2. The van der Waals surface area contributed by atoms with Crippen LogP contribution in [-0.4, -0.2) is 15.6 Å². The maximum Gasteiger partial charge on any atom is 0.231 e. The Balaban J connectivity index is 2.20. The predicted octanol–water partition coefficient (Wildman–Crippen LogP) is 2.77. The summed E-state index contributed by atoms with van der Waals surface area (Å²) in [7, 11) is 0. The highest BCUT2D eigenvalue weighted by atomic mass is 35.5. The van der Waals surface area contributed by atoms with E-state index >= 15 is 0 Å². The van der Waals surface area contributed by atoms with Gasteiger partial charge in [0.1, 0.15) is 0 Å². The molecule has 2 aromatic rings. The topological polar surface area (TPSA) is 48.0 Å². The number of aryl methyl sites for hydroxylation is 1. The number of rotatable bonds is 4. The molecule has 0 saturated heterocycles. The van der Waals surface area contributed by atoms with Crippen molar-refractivity contribution in [2.75, 3.05) is 0 Å². The van der Waals surface area contributed by atoms with Crippen molar-refractivity contribution in [1.29, 1.82) is 0 Å². The van der Waals surface area contributed by atoms with E-state index in [1.807, 2.05) is 0 Å². The molecule has 2 rings (SSSR count). The quantitative estimate of drug-likeness (QED) is 0.770. The molecule has 0 aromatic carbocycles. The Morgan fingerprint density at radius 2 is 2.38 bits per heavy atom. The van der Waals surface area contributed by atoms with Gasteiger partial charge in [-0.3, -0.25) is 9.48 Å². The van der Waals surface area contributed by atoms with Gasteiger partial charge < -0.3 is 4.42 Å². The minimum absolute atomic E-state index is 0.200. The van der Waals surface area contributed by atoms with Gasteiger partial charge in [-0.2, -0.15) is 5.10 Å². The molecule has 0 N–H and O–H groups in total.